The van der Waals surface area contributed by atoms with Crippen LogP contribution in [-0.4, -0.2) is 63.0 Å². The summed E-state index contributed by atoms with van der Waals surface area (Å²) in [6, 6.07) is 10.7. The number of sulfonamides is 1. The van der Waals surface area contributed by atoms with Crippen LogP contribution in [0, 0.1) is 0 Å². The van der Waals surface area contributed by atoms with Crippen LogP contribution in [-0.2, 0) is 32.5 Å². The first-order chi connectivity index (χ1) is 19.0. The van der Waals surface area contributed by atoms with Crippen molar-refractivity contribution in [3.05, 3.63) is 70.3 Å². The largest absolute Gasteiger partial charge is 0.444 e. The van der Waals surface area contributed by atoms with Crippen molar-refractivity contribution in [2.24, 2.45) is 0 Å². The number of amides is 2. The fourth-order valence-corrected chi connectivity index (χ4v) is 5.90. The van der Waals surface area contributed by atoms with Crippen LogP contribution in [0.3, 0.4) is 0 Å². The van der Waals surface area contributed by atoms with Crippen molar-refractivity contribution in [1.29, 1.82) is 0 Å². The van der Waals surface area contributed by atoms with E-state index in [1.54, 1.807) is 17.0 Å². The lowest BCUT2D eigenvalue weighted by atomic mass is 9.84. The van der Waals surface area contributed by atoms with E-state index in [2.05, 4.69) is 44.5 Å². The maximum Gasteiger partial charge on any atom is 0.410 e. The number of ether oxygens (including phenoxy) is 1. The normalized spacial score (nSPS) is 14.1. The smallest absolute Gasteiger partial charge is 0.410 e. The highest BCUT2D eigenvalue weighted by Gasteiger charge is 2.28. The molecule has 1 aliphatic rings. The maximum atomic E-state index is 13.2. The van der Waals surface area contributed by atoms with Gasteiger partial charge in [0.05, 0.1) is 11.3 Å². The molecule has 0 unspecified atom stereocenters. The van der Waals surface area contributed by atoms with Crippen LogP contribution in [0.4, 0.5) is 4.79 Å². The Hall–Kier alpha value is -3.17. The molecule has 1 aliphatic heterocycles. The summed E-state index contributed by atoms with van der Waals surface area (Å²) in [7, 11) is -0.127. The van der Waals surface area contributed by atoms with Gasteiger partial charge < -0.3 is 14.5 Å². The van der Waals surface area contributed by atoms with Crippen LogP contribution < -0.4 is 4.72 Å². The van der Waals surface area contributed by atoms with Gasteiger partial charge in [-0.15, -0.1) is 0 Å². The molecule has 0 spiro atoms. The van der Waals surface area contributed by atoms with E-state index in [9.17, 15) is 18.0 Å². The number of nitrogens with zero attached hydrogens (tertiary/aromatic N) is 2. The Morgan fingerprint density at radius 1 is 1.00 bits per heavy atom. The number of hydrogen-bond donors (Lipinski definition) is 1. The highest BCUT2D eigenvalue weighted by atomic mass is 32.2. The van der Waals surface area contributed by atoms with Crippen molar-refractivity contribution in [2.45, 2.75) is 83.8 Å². The van der Waals surface area contributed by atoms with Crippen molar-refractivity contribution in [2.75, 3.05) is 27.2 Å². The van der Waals surface area contributed by atoms with Gasteiger partial charge in [-0.1, -0.05) is 58.0 Å². The predicted molar refractivity (Wildman–Crippen MR) is 163 cm³/mol. The molecular weight excluding hydrogens is 538 g/mol. The van der Waals surface area contributed by atoms with Crippen LogP contribution in [0.25, 0.3) is 5.57 Å². The zero-order valence-electron chi connectivity index (χ0n) is 25.9. The van der Waals surface area contributed by atoms with Gasteiger partial charge in [-0.2, -0.15) is 0 Å². The summed E-state index contributed by atoms with van der Waals surface area (Å²) in [4.78, 5) is 29.5. The third-order valence-electron chi connectivity index (χ3n) is 6.82. The fourth-order valence-electron chi connectivity index (χ4n) is 4.91. The molecule has 1 N–H and O–H groups in total. The van der Waals surface area contributed by atoms with E-state index in [1.807, 2.05) is 45.8 Å². The first-order valence-corrected chi connectivity index (χ1v) is 15.6. The van der Waals surface area contributed by atoms with Crippen LogP contribution in [0.1, 0.15) is 88.1 Å². The molecule has 0 aromatic heterocycles. The van der Waals surface area contributed by atoms with Gasteiger partial charge >= 0.3 is 6.09 Å². The molecule has 8 nitrogen and oxygen atoms in total. The highest BCUT2D eigenvalue weighted by molar-refractivity contribution is 7.90. The zero-order valence-corrected chi connectivity index (χ0v) is 26.7. The second-order valence-electron chi connectivity index (χ2n) is 12.6. The quantitative estimate of drug-likeness (QED) is 0.408. The SMILES string of the molecule is CC(C)c1cc(C2=CCN(C(=O)OC(C)(C)C)C2)cc(C(C)C)c1CC(=O)NS(=O)(=O)c1ccc(CN(C)C)cc1. The second kappa shape index (κ2) is 12.8. The van der Waals surface area contributed by atoms with E-state index >= 15 is 0 Å². The standard InChI is InChI=1S/C32H45N3O5S/c1-21(2)27-16-25(24-14-15-35(20-24)31(37)40-32(5,6)7)17-28(22(3)4)29(27)18-30(36)33-41(38,39)26-12-10-23(11-13-26)19-34(8)9/h10-14,16-17,21-22H,15,18-20H2,1-9H3,(H,33,36). The van der Waals surface area contributed by atoms with Crippen molar-refractivity contribution in [3.8, 4) is 0 Å². The Labute approximate surface area is 245 Å². The van der Waals surface area contributed by atoms with Gasteiger partial charge in [0.15, 0.2) is 0 Å². The van der Waals surface area contributed by atoms with Crippen LogP contribution in [0.15, 0.2) is 47.4 Å². The summed E-state index contributed by atoms with van der Waals surface area (Å²) in [6.45, 7) is 15.4. The molecule has 0 atom stereocenters. The lowest BCUT2D eigenvalue weighted by Crippen LogP contribution is -2.35. The summed E-state index contributed by atoms with van der Waals surface area (Å²) in [5.41, 5.74) is 5.26. The average molecular weight is 584 g/mol. The number of nitrogens with one attached hydrogen (secondary N) is 1. The van der Waals surface area contributed by atoms with Crippen molar-refractivity contribution in [1.82, 2.24) is 14.5 Å². The summed E-state index contributed by atoms with van der Waals surface area (Å²) in [5.74, 6) is -0.379. The zero-order chi connectivity index (χ0) is 30.7. The maximum absolute atomic E-state index is 13.2. The lowest BCUT2D eigenvalue weighted by molar-refractivity contribution is -0.118. The number of benzene rings is 2. The van der Waals surface area contributed by atoms with E-state index in [0.29, 0.717) is 19.6 Å². The van der Waals surface area contributed by atoms with E-state index in [4.69, 9.17) is 4.74 Å². The third kappa shape index (κ3) is 8.66. The molecule has 2 aromatic rings. The topological polar surface area (TPSA) is 96.0 Å². The first kappa shape index (κ1) is 32.3. The van der Waals surface area contributed by atoms with E-state index in [0.717, 1.165) is 33.4 Å². The molecule has 0 bridgehead atoms. The minimum absolute atomic E-state index is 0.0532. The van der Waals surface area contributed by atoms with Gasteiger partial charge in [0, 0.05) is 19.6 Å². The van der Waals surface area contributed by atoms with Crippen LogP contribution >= 0.6 is 0 Å². The van der Waals surface area contributed by atoms with Crippen molar-refractivity contribution < 1.29 is 22.7 Å². The molecule has 2 aromatic carbocycles. The number of rotatable bonds is 9. The summed E-state index contributed by atoms with van der Waals surface area (Å²) in [6.07, 6.45) is 1.64. The monoisotopic (exact) mass is 583 g/mol. The van der Waals surface area contributed by atoms with E-state index < -0.39 is 21.5 Å². The number of hydrogen-bond acceptors (Lipinski definition) is 6. The Kier molecular flexibility index (Phi) is 10.1. The molecular formula is C32H45N3O5S. The molecule has 0 saturated carbocycles. The fraction of sp³-hybridized carbons (Fsp3) is 0.500. The van der Waals surface area contributed by atoms with E-state index in [1.165, 1.54) is 12.1 Å². The minimum atomic E-state index is -4.01. The van der Waals surface area contributed by atoms with Gasteiger partial charge in [-0.25, -0.2) is 17.9 Å². The number of carbonyl (C=O) groups excluding carboxylic acids is 2. The Bertz CT molecular complexity index is 1370. The molecule has 0 saturated heterocycles. The van der Waals surface area contributed by atoms with Crippen molar-refractivity contribution >= 4 is 27.6 Å². The molecule has 2 amide bonds. The van der Waals surface area contributed by atoms with Gasteiger partial charge in [0.1, 0.15) is 5.60 Å². The van der Waals surface area contributed by atoms with E-state index in [-0.39, 0.29) is 29.2 Å². The Balaban J connectivity index is 1.84. The highest BCUT2D eigenvalue weighted by Crippen LogP contribution is 2.34. The molecule has 1 heterocycles. The van der Waals surface area contributed by atoms with Gasteiger partial charge in [0.25, 0.3) is 10.0 Å². The lowest BCUT2D eigenvalue weighted by Gasteiger charge is -2.25. The molecule has 9 heteroatoms. The number of carbonyl (C=O) groups is 2. The molecule has 0 radical (unpaired) electrons. The molecule has 41 heavy (non-hydrogen) atoms. The Morgan fingerprint density at radius 2 is 1.56 bits per heavy atom. The molecule has 0 fully saturated rings. The summed E-state index contributed by atoms with van der Waals surface area (Å²) in [5, 5.41) is 0. The first-order valence-electron chi connectivity index (χ1n) is 14.1. The van der Waals surface area contributed by atoms with Crippen LogP contribution in [0.5, 0.6) is 0 Å². The van der Waals surface area contributed by atoms with Gasteiger partial charge in [0.2, 0.25) is 5.91 Å². The minimum Gasteiger partial charge on any atom is -0.444 e. The van der Waals surface area contributed by atoms with Crippen molar-refractivity contribution in [3.63, 3.8) is 0 Å². The van der Waals surface area contributed by atoms with Crippen LogP contribution in [0.2, 0.25) is 0 Å². The summed E-state index contributed by atoms with van der Waals surface area (Å²) < 4.78 is 33.8. The molecule has 224 valence electrons. The van der Waals surface area contributed by atoms with Gasteiger partial charge in [-0.3, -0.25) is 4.79 Å². The molecule has 0 aliphatic carbocycles. The predicted octanol–water partition coefficient (Wildman–Crippen LogP) is 5.68. The Morgan fingerprint density at radius 3 is 2.05 bits per heavy atom. The average Bonchev–Trinajstić information content (AvgIpc) is 3.33. The summed E-state index contributed by atoms with van der Waals surface area (Å²) >= 11 is 0. The third-order valence-corrected chi connectivity index (χ3v) is 8.21. The molecule has 3 rings (SSSR count). The van der Waals surface area contributed by atoms with Gasteiger partial charge in [-0.05, 0) is 92.2 Å². The second-order valence-corrected chi connectivity index (χ2v) is 14.3.